The van der Waals surface area contributed by atoms with Crippen LogP contribution in [0.5, 0.6) is 11.5 Å². The van der Waals surface area contributed by atoms with Crippen molar-refractivity contribution in [2.45, 2.75) is 57.8 Å². The molecule has 11 heteroatoms. The number of aromatic nitrogens is 2. The zero-order valence-corrected chi connectivity index (χ0v) is 30.3. The van der Waals surface area contributed by atoms with E-state index in [1.165, 1.54) is 6.07 Å². The smallest absolute Gasteiger partial charge is 0.258 e. The van der Waals surface area contributed by atoms with E-state index in [0.717, 1.165) is 66.7 Å². The van der Waals surface area contributed by atoms with Crippen molar-refractivity contribution in [3.63, 3.8) is 0 Å². The quantitative estimate of drug-likeness (QED) is 0.0563. The summed E-state index contributed by atoms with van der Waals surface area (Å²) in [4.78, 5) is 29.1. The van der Waals surface area contributed by atoms with Crippen molar-refractivity contribution in [2.24, 2.45) is 5.73 Å². The molecule has 0 fully saturated rings. The first-order valence-electron chi connectivity index (χ1n) is 18.5. The highest BCUT2D eigenvalue weighted by Gasteiger charge is 2.19. The number of hydrogen-bond donors (Lipinski definition) is 4. The minimum Gasteiger partial charge on any atom is -0.508 e. The molecule has 282 valence electrons. The van der Waals surface area contributed by atoms with E-state index in [4.69, 9.17) is 19.9 Å². The van der Waals surface area contributed by atoms with Crippen LogP contribution in [0.2, 0.25) is 0 Å². The van der Waals surface area contributed by atoms with Gasteiger partial charge in [-0.1, -0.05) is 62.1 Å². The van der Waals surface area contributed by atoms with E-state index in [1.807, 2.05) is 42.5 Å². The second-order valence-corrected chi connectivity index (χ2v) is 13.1. The van der Waals surface area contributed by atoms with Crippen molar-refractivity contribution in [1.82, 2.24) is 14.9 Å². The van der Waals surface area contributed by atoms with Crippen molar-refractivity contribution in [2.75, 3.05) is 46.1 Å². The third kappa shape index (κ3) is 12.3. The summed E-state index contributed by atoms with van der Waals surface area (Å²) >= 11 is 0. The summed E-state index contributed by atoms with van der Waals surface area (Å²) < 4.78 is 33.1. The Bertz CT molecular complexity index is 1880. The van der Waals surface area contributed by atoms with Gasteiger partial charge in [-0.25, -0.2) is 4.39 Å². The second-order valence-electron chi connectivity index (χ2n) is 13.1. The third-order valence-electron chi connectivity index (χ3n) is 8.97. The average Bonchev–Trinajstić information content (AvgIpc) is 3.47. The maximum absolute atomic E-state index is 15.1. The number of rotatable bonds is 23. The number of aromatic amines is 1. The van der Waals surface area contributed by atoms with Crippen molar-refractivity contribution >= 4 is 5.91 Å². The molecule has 2 aliphatic rings. The molecule has 3 aromatic rings. The Balaban J connectivity index is 1.06. The molecular weight excluding hydrogens is 675 g/mol. The molecule has 0 saturated carbocycles. The number of aromatic hydroxyl groups is 1. The Labute approximate surface area is 310 Å². The molecular formula is C42H51FN4O6. The van der Waals surface area contributed by atoms with Gasteiger partial charge in [-0.3, -0.25) is 14.2 Å². The lowest BCUT2D eigenvalue weighted by Gasteiger charge is -2.14. The molecule has 0 bridgehead atoms. The number of phenols is 1. The van der Waals surface area contributed by atoms with Gasteiger partial charge in [-0.05, 0) is 72.0 Å². The zero-order chi connectivity index (χ0) is 37.3. The van der Waals surface area contributed by atoms with Gasteiger partial charge in [0.1, 0.15) is 5.75 Å². The lowest BCUT2D eigenvalue weighted by Crippen LogP contribution is -2.25. The first-order chi connectivity index (χ1) is 25.9. The standard InChI is InChI=1S/C42H51FN4O6/c43-36-27-32(12-17-40(36)53-21-9-4-2-1-3-8-20-45-41(49)18-22-51-24-25-52-23-19-44)26-34-29-39-37(28-31-10-6-5-7-11-31)46-38(30-47(39)42(34)50)33-13-15-35(48)16-14-33/h5-7,10-17,27,29-30,46,48H,1-4,8-9,18-26,28,44H2,(H,45,49). The number of benzene rings is 3. The molecule has 2 aliphatic heterocycles. The van der Waals surface area contributed by atoms with Crippen LogP contribution in [0.1, 0.15) is 67.3 Å². The molecule has 1 amide bonds. The number of nitrogens with zero attached hydrogens (tertiary/aromatic N) is 1. The molecule has 0 aliphatic carbocycles. The van der Waals surface area contributed by atoms with E-state index in [-0.39, 0.29) is 29.4 Å². The van der Waals surface area contributed by atoms with Gasteiger partial charge in [0.2, 0.25) is 5.91 Å². The van der Waals surface area contributed by atoms with Crippen molar-refractivity contribution in [3.05, 3.63) is 124 Å². The highest BCUT2D eigenvalue weighted by atomic mass is 19.1. The number of carbonyl (C=O) groups is 1. The number of nitrogens with one attached hydrogen (secondary N) is 2. The van der Waals surface area contributed by atoms with Crippen LogP contribution in [0, 0.1) is 5.82 Å². The predicted octanol–water partition coefficient (Wildman–Crippen LogP) is 6.51. The van der Waals surface area contributed by atoms with Crippen LogP contribution in [-0.4, -0.2) is 66.7 Å². The normalized spacial score (nSPS) is 11.3. The maximum Gasteiger partial charge on any atom is 0.258 e. The van der Waals surface area contributed by atoms with Crippen molar-refractivity contribution in [1.29, 1.82) is 0 Å². The van der Waals surface area contributed by atoms with Crippen LogP contribution in [0.25, 0.3) is 16.9 Å². The summed E-state index contributed by atoms with van der Waals surface area (Å²) in [5.74, 6) is -0.0835. The van der Waals surface area contributed by atoms with Crippen LogP contribution in [0.4, 0.5) is 4.39 Å². The number of fused-ring (bicyclic) bond motifs is 1. The Kier molecular flexibility index (Phi) is 15.5. The lowest BCUT2D eigenvalue weighted by molar-refractivity contribution is -0.122. The summed E-state index contributed by atoms with van der Waals surface area (Å²) in [5, 5.41) is 12.7. The monoisotopic (exact) mass is 726 g/mol. The molecule has 0 unspecified atom stereocenters. The molecule has 5 rings (SSSR count). The minimum atomic E-state index is -0.448. The van der Waals surface area contributed by atoms with E-state index in [0.29, 0.717) is 70.1 Å². The highest BCUT2D eigenvalue weighted by molar-refractivity contribution is 5.75. The molecule has 5 N–H and O–H groups in total. The van der Waals surface area contributed by atoms with Gasteiger partial charge >= 0.3 is 0 Å². The number of ether oxygens (including phenoxy) is 3. The summed E-state index contributed by atoms with van der Waals surface area (Å²) in [6, 6.07) is 23.6. The van der Waals surface area contributed by atoms with E-state index in [9.17, 15) is 14.7 Å². The third-order valence-corrected chi connectivity index (χ3v) is 8.97. The number of unbranched alkanes of at least 4 members (excludes halogenated alkanes) is 5. The Morgan fingerprint density at radius 3 is 2.30 bits per heavy atom. The molecule has 0 spiro atoms. The first-order valence-corrected chi connectivity index (χ1v) is 18.5. The summed E-state index contributed by atoms with van der Waals surface area (Å²) in [6.07, 6.45) is 8.84. The second kappa shape index (κ2) is 20.9. The van der Waals surface area contributed by atoms with Gasteiger partial charge in [-0.2, -0.15) is 0 Å². The number of nitrogens with two attached hydrogens (primary N) is 1. The van der Waals surface area contributed by atoms with Gasteiger partial charge in [0.05, 0.1) is 44.4 Å². The van der Waals surface area contributed by atoms with Gasteiger partial charge in [-0.15, -0.1) is 0 Å². The summed E-state index contributed by atoms with van der Waals surface area (Å²) in [7, 11) is 0. The number of halogens is 1. The van der Waals surface area contributed by atoms with Gasteiger partial charge < -0.3 is 35.4 Å². The zero-order valence-electron chi connectivity index (χ0n) is 30.3. The number of phenolic OH excluding ortho intramolecular Hbond substituents is 1. The van der Waals surface area contributed by atoms with Gasteiger partial charge in [0.25, 0.3) is 5.56 Å². The molecule has 0 aromatic heterocycles. The van der Waals surface area contributed by atoms with Crippen molar-refractivity contribution in [3.8, 4) is 28.4 Å². The number of amides is 1. The lowest BCUT2D eigenvalue weighted by atomic mass is 10.1. The molecule has 0 radical (unpaired) electrons. The summed E-state index contributed by atoms with van der Waals surface area (Å²) in [6.45, 7) is 3.40. The van der Waals surface area contributed by atoms with E-state index in [1.54, 1.807) is 41.1 Å². The Morgan fingerprint density at radius 1 is 0.811 bits per heavy atom. The van der Waals surface area contributed by atoms with E-state index in [2.05, 4.69) is 10.3 Å². The van der Waals surface area contributed by atoms with Crippen LogP contribution in [-0.2, 0) is 27.1 Å². The number of carbonyl (C=O) groups excluding carboxylic acids is 1. The van der Waals surface area contributed by atoms with Gasteiger partial charge in [0.15, 0.2) is 11.6 Å². The topological polar surface area (TPSA) is 141 Å². The van der Waals surface area contributed by atoms with Crippen LogP contribution >= 0.6 is 0 Å². The molecule has 2 heterocycles. The minimum absolute atomic E-state index is 0.00726. The summed E-state index contributed by atoms with van der Waals surface area (Å²) in [5.41, 5.74) is 10.8. The number of H-pyrrole nitrogens is 1. The molecule has 53 heavy (non-hydrogen) atoms. The first kappa shape index (κ1) is 39.2. The highest BCUT2D eigenvalue weighted by Crippen LogP contribution is 2.27. The fourth-order valence-corrected chi connectivity index (χ4v) is 6.15. The Morgan fingerprint density at radius 2 is 1.55 bits per heavy atom. The fraction of sp³-hybridized carbons (Fsp3) is 0.381. The predicted molar refractivity (Wildman–Crippen MR) is 205 cm³/mol. The van der Waals surface area contributed by atoms with Crippen LogP contribution in [0.15, 0.2) is 89.9 Å². The largest absolute Gasteiger partial charge is 0.508 e. The number of hydrogen-bond acceptors (Lipinski definition) is 7. The Hall–Kier alpha value is -4.97. The molecule has 0 saturated heterocycles. The fourth-order valence-electron chi connectivity index (χ4n) is 6.15. The van der Waals surface area contributed by atoms with Crippen molar-refractivity contribution < 1.29 is 28.5 Å². The van der Waals surface area contributed by atoms with E-state index >= 15 is 4.39 Å². The van der Waals surface area contributed by atoms with E-state index < -0.39 is 5.82 Å². The molecule has 3 aromatic carbocycles. The van der Waals surface area contributed by atoms with Crippen LogP contribution < -0.4 is 21.3 Å². The molecule has 10 nitrogen and oxygen atoms in total. The molecule has 0 atom stereocenters. The maximum atomic E-state index is 15.1. The SMILES string of the molecule is NCCOCCOCCC(=O)NCCCCCCCCOc1ccc(Cc2cc3c(Cc4ccccc4)[nH]c(-c4ccc(O)cc4)cn-3c2=O)cc1F. The van der Waals surface area contributed by atoms with Gasteiger partial charge in [0, 0.05) is 49.8 Å². The van der Waals surface area contributed by atoms with Crippen LogP contribution in [0.3, 0.4) is 0 Å². The average molecular weight is 727 g/mol.